The molecule has 1 amide bonds. The lowest BCUT2D eigenvalue weighted by Gasteiger charge is -2.11. The molecule has 0 unspecified atom stereocenters. The average Bonchev–Trinajstić information content (AvgIpc) is 3.37. The molecule has 164 valence electrons. The van der Waals surface area contributed by atoms with Crippen molar-refractivity contribution < 1.29 is 9.21 Å². The van der Waals surface area contributed by atoms with E-state index in [1.165, 1.54) is 11.8 Å². The molecule has 4 rings (SSSR count). The number of rotatable bonds is 8. The molecule has 0 spiro atoms. The Bertz CT molecular complexity index is 1200. The third-order valence-corrected chi connectivity index (χ3v) is 6.39. The zero-order chi connectivity index (χ0) is 22.5. The Morgan fingerprint density at radius 3 is 2.50 bits per heavy atom. The summed E-state index contributed by atoms with van der Waals surface area (Å²) >= 11 is 13.7. The Kier molecular flexibility index (Phi) is 7.19. The highest BCUT2D eigenvalue weighted by molar-refractivity contribution is 7.99. The van der Waals surface area contributed by atoms with Crippen molar-refractivity contribution >= 4 is 46.6 Å². The van der Waals surface area contributed by atoms with Crippen LogP contribution in [-0.4, -0.2) is 26.4 Å². The normalized spacial score (nSPS) is 11.0. The number of anilines is 1. The van der Waals surface area contributed by atoms with Gasteiger partial charge in [-0.15, -0.1) is 10.2 Å². The molecule has 4 aromatic rings. The van der Waals surface area contributed by atoms with Crippen molar-refractivity contribution in [1.82, 2.24) is 14.8 Å². The zero-order valence-electron chi connectivity index (χ0n) is 17.2. The lowest BCUT2D eigenvalue weighted by molar-refractivity contribution is -0.115. The third kappa shape index (κ3) is 5.18. The minimum Gasteiger partial charge on any atom is -0.469 e. The van der Waals surface area contributed by atoms with Crippen LogP contribution in [0, 0.1) is 6.92 Å². The van der Waals surface area contributed by atoms with Crippen LogP contribution < -0.4 is 5.32 Å². The molecule has 0 aliphatic carbocycles. The summed E-state index contributed by atoms with van der Waals surface area (Å²) in [7, 11) is 0. The maximum atomic E-state index is 12.4. The van der Waals surface area contributed by atoms with Crippen molar-refractivity contribution in [3.8, 4) is 11.4 Å². The Hall–Kier alpha value is -2.74. The van der Waals surface area contributed by atoms with Crippen molar-refractivity contribution in [3.05, 3.63) is 82.2 Å². The maximum Gasteiger partial charge on any atom is 0.225 e. The lowest BCUT2D eigenvalue weighted by atomic mass is 10.2. The largest absolute Gasteiger partial charge is 0.469 e. The molecule has 0 saturated carbocycles. The number of hydrogen-bond donors (Lipinski definition) is 1. The third-order valence-electron chi connectivity index (χ3n) is 4.79. The number of aryl methyl sites for hydroxylation is 1. The van der Waals surface area contributed by atoms with Crippen LogP contribution in [-0.2, 0) is 11.3 Å². The number of para-hydroxylation sites is 1. The highest BCUT2D eigenvalue weighted by Gasteiger charge is 2.18. The van der Waals surface area contributed by atoms with E-state index >= 15 is 0 Å². The number of thioether (sulfide) groups is 1. The molecular weight excluding hydrogens is 467 g/mol. The van der Waals surface area contributed by atoms with Gasteiger partial charge in [-0.05, 0) is 30.7 Å². The predicted octanol–water partition coefficient (Wildman–Crippen LogP) is 6.32. The summed E-state index contributed by atoms with van der Waals surface area (Å²) in [6.07, 6.45) is 1.91. The highest BCUT2D eigenvalue weighted by atomic mass is 35.5. The number of benzene rings is 2. The standard InChI is InChI=1S/C23H20Cl2N4O2S/c1-15-17(10-12-31-15)22-27-28-23(29(22)14-16-6-3-2-4-7-16)32-13-11-20(30)26-21-18(24)8-5-9-19(21)25/h2-10,12H,11,13-14H2,1H3,(H,26,30). The second kappa shape index (κ2) is 10.3. The van der Waals surface area contributed by atoms with E-state index < -0.39 is 0 Å². The molecule has 2 aromatic heterocycles. The van der Waals surface area contributed by atoms with E-state index in [2.05, 4.69) is 27.6 Å². The van der Waals surface area contributed by atoms with E-state index in [9.17, 15) is 4.79 Å². The smallest absolute Gasteiger partial charge is 0.225 e. The minimum absolute atomic E-state index is 0.174. The summed E-state index contributed by atoms with van der Waals surface area (Å²) < 4.78 is 7.50. The monoisotopic (exact) mass is 486 g/mol. The van der Waals surface area contributed by atoms with Crippen molar-refractivity contribution in [2.24, 2.45) is 0 Å². The van der Waals surface area contributed by atoms with Gasteiger partial charge in [0, 0.05) is 12.2 Å². The van der Waals surface area contributed by atoms with Crippen LogP contribution >= 0.6 is 35.0 Å². The van der Waals surface area contributed by atoms with Crippen molar-refractivity contribution in [2.45, 2.75) is 25.0 Å². The van der Waals surface area contributed by atoms with E-state index in [0.29, 0.717) is 28.0 Å². The Morgan fingerprint density at radius 1 is 1.06 bits per heavy atom. The first-order valence-electron chi connectivity index (χ1n) is 9.91. The van der Waals surface area contributed by atoms with Crippen LogP contribution in [0.4, 0.5) is 5.69 Å². The Labute approximate surface area is 199 Å². The summed E-state index contributed by atoms with van der Waals surface area (Å²) in [6.45, 7) is 2.51. The summed E-state index contributed by atoms with van der Waals surface area (Å²) in [5.74, 6) is 1.85. The first-order valence-corrected chi connectivity index (χ1v) is 11.7. The molecule has 32 heavy (non-hydrogen) atoms. The van der Waals surface area contributed by atoms with Gasteiger partial charge in [0.05, 0.1) is 34.1 Å². The molecule has 2 heterocycles. The van der Waals surface area contributed by atoms with Gasteiger partial charge >= 0.3 is 0 Å². The maximum absolute atomic E-state index is 12.4. The zero-order valence-corrected chi connectivity index (χ0v) is 19.5. The van der Waals surface area contributed by atoms with E-state index in [0.717, 1.165) is 27.9 Å². The molecular formula is C23H20Cl2N4O2S. The Balaban J connectivity index is 1.48. The Morgan fingerprint density at radius 2 is 1.81 bits per heavy atom. The van der Waals surface area contributed by atoms with Crippen molar-refractivity contribution in [1.29, 1.82) is 0 Å². The van der Waals surface area contributed by atoms with Gasteiger partial charge in [-0.1, -0.05) is 71.4 Å². The highest BCUT2D eigenvalue weighted by Crippen LogP contribution is 2.31. The van der Waals surface area contributed by atoms with Gasteiger partial charge < -0.3 is 9.73 Å². The number of furan rings is 1. The second-order valence-electron chi connectivity index (χ2n) is 7.01. The first kappa shape index (κ1) is 22.5. The second-order valence-corrected chi connectivity index (χ2v) is 8.89. The first-order chi connectivity index (χ1) is 15.5. The van der Waals surface area contributed by atoms with E-state index in [1.54, 1.807) is 24.5 Å². The summed E-state index contributed by atoms with van der Waals surface area (Å²) in [5.41, 5.74) is 2.45. The van der Waals surface area contributed by atoms with Gasteiger partial charge in [-0.3, -0.25) is 9.36 Å². The van der Waals surface area contributed by atoms with Crippen LogP contribution in [0.5, 0.6) is 0 Å². The topological polar surface area (TPSA) is 72.9 Å². The molecule has 0 aliphatic rings. The van der Waals surface area contributed by atoms with Crippen LogP contribution in [0.3, 0.4) is 0 Å². The quantitative estimate of drug-likeness (QED) is 0.295. The minimum atomic E-state index is -0.174. The molecule has 1 N–H and O–H groups in total. The van der Waals surface area contributed by atoms with Crippen molar-refractivity contribution in [2.75, 3.05) is 11.1 Å². The van der Waals surface area contributed by atoms with E-state index in [-0.39, 0.29) is 12.3 Å². The van der Waals surface area contributed by atoms with Crippen LogP contribution in [0.1, 0.15) is 17.7 Å². The summed E-state index contributed by atoms with van der Waals surface area (Å²) in [4.78, 5) is 12.4. The number of carbonyl (C=O) groups is 1. The van der Waals surface area contributed by atoms with Crippen LogP contribution in [0.25, 0.3) is 11.4 Å². The molecule has 0 radical (unpaired) electrons. The van der Waals surface area contributed by atoms with Gasteiger partial charge in [0.15, 0.2) is 11.0 Å². The van der Waals surface area contributed by atoms with Gasteiger partial charge in [0.25, 0.3) is 0 Å². The number of nitrogens with one attached hydrogen (secondary N) is 1. The fourth-order valence-electron chi connectivity index (χ4n) is 3.17. The number of carbonyl (C=O) groups excluding carboxylic acids is 1. The molecule has 0 aliphatic heterocycles. The predicted molar refractivity (Wildman–Crippen MR) is 128 cm³/mol. The molecule has 0 saturated heterocycles. The van der Waals surface area contributed by atoms with E-state index in [1.807, 2.05) is 35.8 Å². The lowest BCUT2D eigenvalue weighted by Crippen LogP contribution is -2.13. The molecule has 2 aromatic carbocycles. The summed E-state index contributed by atoms with van der Waals surface area (Å²) in [6, 6.07) is 17.1. The van der Waals surface area contributed by atoms with Crippen LogP contribution in [0.2, 0.25) is 10.0 Å². The van der Waals surface area contributed by atoms with Gasteiger partial charge in [0.2, 0.25) is 5.91 Å². The molecule has 0 fully saturated rings. The number of nitrogens with zero attached hydrogens (tertiary/aromatic N) is 3. The van der Waals surface area contributed by atoms with Gasteiger partial charge in [-0.2, -0.15) is 0 Å². The number of aromatic nitrogens is 3. The molecule has 6 nitrogen and oxygen atoms in total. The van der Waals surface area contributed by atoms with Crippen molar-refractivity contribution in [3.63, 3.8) is 0 Å². The molecule has 9 heteroatoms. The summed E-state index contributed by atoms with van der Waals surface area (Å²) in [5, 5.41) is 13.1. The molecule has 0 atom stereocenters. The average molecular weight is 487 g/mol. The van der Waals surface area contributed by atoms with Crippen LogP contribution in [0.15, 0.2) is 70.4 Å². The number of halogens is 2. The fraction of sp³-hybridized carbons (Fsp3) is 0.174. The van der Waals surface area contributed by atoms with Gasteiger partial charge in [0.1, 0.15) is 5.76 Å². The van der Waals surface area contributed by atoms with E-state index in [4.69, 9.17) is 27.6 Å². The SMILES string of the molecule is Cc1occc1-c1nnc(SCCC(=O)Nc2c(Cl)cccc2Cl)n1Cc1ccccc1. The number of amides is 1. The fourth-order valence-corrected chi connectivity index (χ4v) is 4.54. The number of hydrogen-bond acceptors (Lipinski definition) is 5. The molecule has 0 bridgehead atoms. The van der Waals surface area contributed by atoms with Gasteiger partial charge in [-0.25, -0.2) is 0 Å².